The average molecular weight is 336 g/mol. The summed E-state index contributed by atoms with van der Waals surface area (Å²) in [6, 6.07) is 17.6. The van der Waals surface area contributed by atoms with Crippen LogP contribution in [0.1, 0.15) is 29.7 Å². The van der Waals surface area contributed by atoms with Crippen LogP contribution in [0.3, 0.4) is 0 Å². The summed E-state index contributed by atoms with van der Waals surface area (Å²) >= 11 is 0. The summed E-state index contributed by atoms with van der Waals surface area (Å²) in [5.74, 6) is 0. The SMILES string of the molecule is CCN(Cc1cc2ccccc2[nH]c1=O)CC(O)c1ccc(C)cc1. The minimum atomic E-state index is -0.569. The number of fused-ring (bicyclic) bond motifs is 1. The molecular formula is C21H24N2O2. The van der Waals surface area contributed by atoms with E-state index in [-0.39, 0.29) is 5.56 Å². The number of likely N-dealkylation sites (N-methyl/N-ethyl adjacent to an activating group) is 1. The number of benzene rings is 2. The number of pyridine rings is 1. The zero-order valence-corrected chi connectivity index (χ0v) is 14.7. The van der Waals surface area contributed by atoms with Crippen molar-refractivity contribution in [2.75, 3.05) is 13.1 Å². The number of nitrogens with one attached hydrogen (secondary N) is 1. The van der Waals surface area contributed by atoms with E-state index in [4.69, 9.17) is 0 Å². The van der Waals surface area contributed by atoms with Crippen molar-refractivity contribution in [2.24, 2.45) is 0 Å². The van der Waals surface area contributed by atoms with Crippen LogP contribution in [0, 0.1) is 6.92 Å². The second-order valence-corrected chi connectivity index (χ2v) is 6.47. The first kappa shape index (κ1) is 17.4. The number of aliphatic hydroxyl groups excluding tert-OH is 1. The monoisotopic (exact) mass is 336 g/mol. The fraction of sp³-hybridized carbons (Fsp3) is 0.286. The first-order chi connectivity index (χ1) is 12.1. The fourth-order valence-corrected chi connectivity index (χ4v) is 2.99. The molecule has 4 heteroatoms. The lowest BCUT2D eigenvalue weighted by molar-refractivity contribution is 0.112. The van der Waals surface area contributed by atoms with Gasteiger partial charge in [-0.15, -0.1) is 0 Å². The Hall–Kier alpha value is -2.43. The molecule has 1 aromatic heterocycles. The van der Waals surface area contributed by atoms with Gasteiger partial charge < -0.3 is 10.1 Å². The topological polar surface area (TPSA) is 56.3 Å². The Kier molecular flexibility index (Phi) is 5.31. The fourth-order valence-electron chi connectivity index (χ4n) is 2.99. The van der Waals surface area contributed by atoms with E-state index >= 15 is 0 Å². The van der Waals surface area contributed by atoms with Gasteiger partial charge in [0.15, 0.2) is 0 Å². The maximum absolute atomic E-state index is 12.3. The van der Waals surface area contributed by atoms with E-state index in [1.807, 2.05) is 68.4 Å². The molecule has 3 aromatic rings. The molecule has 2 N–H and O–H groups in total. The number of aliphatic hydroxyl groups is 1. The van der Waals surface area contributed by atoms with Gasteiger partial charge in [-0.2, -0.15) is 0 Å². The third kappa shape index (κ3) is 4.16. The molecule has 0 fully saturated rings. The Morgan fingerprint density at radius 2 is 1.84 bits per heavy atom. The predicted molar refractivity (Wildman–Crippen MR) is 102 cm³/mol. The van der Waals surface area contributed by atoms with Crippen LogP contribution in [0.25, 0.3) is 10.9 Å². The number of nitrogens with zero attached hydrogens (tertiary/aromatic N) is 1. The lowest BCUT2D eigenvalue weighted by atomic mass is 10.1. The molecule has 0 aliphatic rings. The molecule has 2 aromatic carbocycles. The van der Waals surface area contributed by atoms with E-state index in [1.54, 1.807) is 0 Å². The number of aromatic nitrogens is 1. The van der Waals surface area contributed by atoms with E-state index in [0.29, 0.717) is 13.1 Å². The Bertz CT molecular complexity index is 900. The van der Waals surface area contributed by atoms with E-state index < -0.39 is 6.10 Å². The second kappa shape index (κ2) is 7.64. The van der Waals surface area contributed by atoms with Crippen molar-refractivity contribution >= 4 is 10.9 Å². The number of rotatable bonds is 6. The van der Waals surface area contributed by atoms with Gasteiger partial charge in [-0.3, -0.25) is 9.69 Å². The average Bonchev–Trinajstić information content (AvgIpc) is 2.62. The van der Waals surface area contributed by atoms with Gasteiger partial charge in [-0.05, 0) is 36.6 Å². The number of aromatic amines is 1. The maximum Gasteiger partial charge on any atom is 0.252 e. The molecule has 0 amide bonds. The first-order valence-electron chi connectivity index (χ1n) is 8.64. The van der Waals surface area contributed by atoms with Crippen LogP contribution >= 0.6 is 0 Å². The van der Waals surface area contributed by atoms with Gasteiger partial charge in [0.2, 0.25) is 0 Å². The molecule has 1 heterocycles. The molecule has 0 radical (unpaired) electrons. The highest BCUT2D eigenvalue weighted by Crippen LogP contribution is 2.17. The van der Waals surface area contributed by atoms with Gasteiger partial charge in [0.1, 0.15) is 0 Å². The molecule has 0 bridgehead atoms. The van der Waals surface area contributed by atoms with Crippen LogP contribution in [-0.2, 0) is 6.54 Å². The summed E-state index contributed by atoms with van der Waals surface area (Å²) in [5.41, 5.74) is 3.57. The third-order valence-corrected chi connectivity index (χ3v) is 4.56. The van der Waals surface area contributed by atoms with Crippen molar-refractivity contribution in [2.45, 2.75) is 26.5 Å². The summed E-state index contributed by atoms with van der Waals surface area (Å²) in [4.78, 5) is 17.4. The van der Waals surface area contributed by atoms with Crippen LogP contribution in [0.15, 0.2) is 59.4 Å². The molecule has 1 unspecified atom stereocenters. The quantitative estimate of drug-likeness (QED) is 0.725. The molecule has 4 nitrogen and oxygen atoms in total. The van der Waals surface area contributed by atoms with Gasteiger partial charge in [0, 0.05) is 24.2 Å². The van der Waals surface area contributed by atoms with Crippen molar-refractivity contribution in [1.82, 2.24) is 9.88 Å². The van der Waals surface area contributed by atoms with E-state index in [1.165, 1.54) is 5.56 Å². The summed E-state index contributed by atoms with van der Waals surface area (Å²) < 4.78 is 0. The molecule has 0 aliphatic heterocycles. The number of H-pyrrole nitrogens is 1. The van der Waals surface area contributed by atoms with E-state index in [2.05, 4.69) is 9.88 Å². The van der Waals surface area contributed by atoms with Crippen LogP contribution < -0.4 is 5.56 Å². The molecule has 1 atom stereocenters. The van der Waals surface area contributed by atoms with Crippen molar-refractivity contribution in [3.8, 4) is 0 Å². The second-order valence-electron chi connectivity index (χ2n) is 6.47. The van der Waals surface area contributed by atoms with Gasteiger partial charge in [-0.1, -0.05) is 55.0 Å². The summed E-state index contributed by atoms with van der Waals surface area (Å²) in [6.07, 6.45) is -0.569. The van der Waals surface area contributed by atoms with Gasteiger partial charge >= 0.3 is 0 Å². The van der Waals surface area contributed by atoms with Crippen molar-refractivity contribution in [3.05, 3.63) is 81.6 Å². The zero-order chi connectivity index (χ0) is 17.8. The smallest absolute Gasteiger partial charge is 0.252 e. The van der Waals surface area contributed by atoms with E-state index in [9.17, 15) is 9.90 Å². The Morgan fingerprint density at radius 3 is 2.56 bits per heavy atom. The minimum Gasteiger partial charge on any atom is -0.387 e. The highest BCUT2D eigenvalue weighted by molar-refractivity contribution is 5.78. The lowest BCUT2D eigenvalue weighted by Crippen LogP contribution is -2.30. The zero-order valence-electron chi connectivity index (χ0n) is 14.7. The Balaban J connectivity index is 1.76. The molecule has 0 saturated carbocycles. The number of hydrogen-bond acceptors (Lipinski definition) is 3. The van der Waals surface area contributed by atoms with E-state index in [0.717, 1.165) is 28.6 Å². The standard InChI is InChI=1S/C21H24N2O2/c1-3-23(14-20(24)16-10-8-15(2)9-11-16)13-18-12-17-6-4-5-7-19(17)22-21(18)25/h4-12,20,24H,3,13-14H2,1-2H3,(H,22,25). The van der Waals surface area contributed by atoms with Crippen molar-refractivity contribution in [3.63, 3.8) is 0 Å². The number of hydrogen-bond donors (Lipinski definition) is 2. The highest BCUT2D eigenvalue weighted by atomic mass is 16.3. The summed E-state index contributed by atoms with van der Waals surface area (Å²) in [6.45, 7) is 5.83. The Labute approximate surface area is 147 Å². The molecule has 25 heavy (non-hydrogen) atoms. The highest BCUT2D eigenvalue weighted by Gasteiger charge is 2.14. The number of aryl methyl sites for hydroxylation is 1. The molecule has 0 spiro atoms. The molecule has 130 valence electrons. The van der Waals surface area contributed by atoms with Gasteiger partial charge in [0.05, 0.1) is 6.10 Å². The third-order valence-electron chi connectivity index (χ3n) is 4.56. The summed E-state index contributed by atoms with van der Waals surface area (Å²) in [5, 5.41) is 11.5. The Morgan fingerprint density at radius 1 is 1.12 bits per heavy atom. The van der Waals surface area contributed by atoms with Crippen molar-refractivity contribution < 1.29 is 5.11 Å². The predicted octanol–water partition coefficient (Wildman–Crippen LogP) is 3.39. The molecular weight excluding hydrogens is 312 g/mol. The summed E-state index contributed by atoms with van der Waals surface area (Å²) in [7, 11) is 0. The van der Waals surface area contributed by atoms with Crippen LogP contribution in [0.5, 0.6) is 0 Å². The van der Waals surface area contributed by atoms with Crippen molar-refractivity contribution in [1.29, 1.82) is 0 Å². The number of para-hydroxylation sites is 1. The first-order valence-corrected chi connectivity index (χ1v) is 8.64. The van der Waals surface area contributed by atoms with Crippen LogP contribution in [0.4, 0.5) is 0 Å². The normalized spacial score (nSPS) is 12.6. The molecule has 0 aliphatic carbocycles. The molecule has 0 saturated heterocycles. The lowest BCUT2D eigenvalue weighted by Gasteiger charge is -2.23. The van der Waals surface area contributed by atoms with Gasteiger partial charge in [-0.25, -0.2) is 0 Å². The largest absolute Gasteiger partial charge is 0.387 e. The van der Waals surface area contributed by atoms with Crippen LogP contribution in [-0.4, -0.2) is 28.1 Å². The van der Waals surface area contributed by atoms with Crippen LogP contribution in [0.2, 0.25) is 0 Å². The van der Waals surface area contributed by atoms with Gasteiger partial charge in [0.25, 0.3) is 5.56 Å². The molecule has 3 rings (SSSR count). The maximum atomic E-state index is 12.3. The minimum absolute atomic E-state index is 0.0676.